The van der Waals surface area contributed by atoms with Crippen LogP contribution in [0.25, 0.3) is 0 Å². The fourth-order valence-electron chi connectivity index (χ4n) is 4.17. The van der Waals surface area contributed by atoms with E-state index in [-0.39, 0.29) is 29.2 Å². The molecule has 1 atom stereocenters. The molecule has 2 aromatic carbocycles. The van der Waals surface area contributed by atoms with Gasteiger partial charge in [-0.15, -0.1) is 0 Å². The Bertz CT molecular complexity index is 1150. The smallest absolute Gasteiger partial charge is 0.263 e. The number of nitrogens with one attached hydrogen (secondary N) is 1. The van der Waals surface area contributed by atoms with Crippen LogP contribution in [0.1, 0.15) is 30.0 Å². The van der Waals surface area contributed by atoms with E-state index >= 15 is 0 Å². The molecule has 8 nitrogen and oxygen atoms in total. The van der Waals surface area contributed by atoms with Crippen LogP contribution in [0.4, 0.5) is 0 Å². The maximum Gasteiger partial charge on any atom is 0.263 e. The van der Waals surface area contributed by atoms with Gasteiger partial charge in [0.15, 0.2) is 11.5 Å². The lowest BCUT2D eigenvalue weighted by molar-refractivity contribution is -0.130. The number of likely N-dealkylation sites (tertiary alicyclic amines) is 1. The minimum absolute atomic E-state index is 0.0546. The van der Waals surface area contributed by atoms with E-state index in [1.54, 1.807) is 18.2 Å². The summed E-state index contributed by atoms with van der Waals surface area (Å²) in [5.41, 5.74) is 1.50. The van der Waals surface area contributed by atoms with Gasteiger partial charge in [0.25, 0.3) is 10.0 Å². The average molecular weight is 427 g/mol. The van der Waals surface area contributed by atoms with E-state index in [2.05, 4.69) is 9.71 Å². The molecule has 3 heterocycles. The number of amidine groups is 1. The summed E-state index contributed by atoms with van der Waals surface area (Å²) in [6.07, 6.45) is 1.76. The van der Waals surface area contributed by atoms with Crippen molar-refractivity contribution < 1.29 is 22.7 Å². The molecule has 1 fully saturated rings. The van der Waals surface area contributed by atoms with Gasteiger partial charge in [-0.1, -0.05) is 18.2 Å². The maximum absolute atomic E-state index is 12.9. The summed E-state index contributed by atoms with van der Waals surface area (Å²) in [6, 6.07) is 12.4. The highest BCUT2D eigenvalue weighted by Crippen LogP contribution is 2.38. The number of aliphatic imine (C=N–C) groups is 1. The van der Waals surface area contributed by atoms with Gasteiger partial charge in [-0.05, 0) is 42.7 Å². The first-order valence-corrected chi connectivity index (χ1v) is 11.4. The minimum atomic E-state index is -3.62. The average Bonchev–Trinajstić information content (AvgIpc) is 3.35. The fraction of sp³-hybridized carbons (Fsp3) is 0.333. The van der Waals surface area contributed by atoms with Crippen molar-refractivity contribution in [1.82, 2.24) is 9.62 Å². The first-order chi connectivity index (χ1) is 14.5. The van der Waals surface area contributed by atoms with Crippen LogP contribution < -0.4 is 14.2 Å². The predicted molar refractivity (Wildman–Crippen MR) is 109 cm³/mol. The number of fused-ring (bicyclic) bond motifs is 2. The maximum atomic E-state index is 12.9. The molecular formula is C21H21N3O5S. The van der Waals surface area contributed by atoms with Crippen molar-refractivity contribution in [2.45, 2.75) is 23.8 Å². The lowest BCUT2D eigenvalue weighted by atomic mass is 10.0. The van der Waals surface area contributed by atoms with Gasteiger partial charge >= 0.3 is 0 Å². The number of carbonyl (C=O) groups is 1. The molecule has 3 aliphatic heterocycles. The Kier molecular flexibility index (Phi) is 4.62. The molecule has 2 aromatic rings. The van der Waals surface area contributed by atoms with Crippen LogP contribution in [-0.4, -0.2) is 51.4 Å². The number of benzene rings is 2. The number of sulfonamides is 1. The molecular weight excluding hydrogens is 406 g/mol. The summed E-state index contributed by atoms with van der Waals surface area (Å²) in [7, 11) is -3.62. The zero-order valence-electron chi connectivity index (χ0n) is 16.2. The Morgan fingerprint density at radius 2 is 1.93 bits per heavy atom. The summed E-state index contributed by atoms with van der Waals surface area (Å²) >= 11 is 0. The first-order valence-electron chi connectivity index (χ1n) is 9.89. The van der Waals surface area contributed by atoms with Gasteiger partial charge in [-0.25, -0.2) is 8.42 Å². The molecule has 3 aliphatic rings. The third-order valence-corrected chi connectivity index (χ3v) is 6.96. The molecule has 1 N–H and O–H groups in total. The second-order valence-corrected chi connectivity index (χ2v) is 9.07. The number of hydrogen-bond acceptors (Lipinski definition) is 6. The van der Waals surface area contributed by atoms with E-state index in [9.17, 15) is 13.2 Å². The van der Waals surface area contributed by atoms with E-state index in [0.717, 1.165) is 24.2 Å². The van der Waals surface area contributed by atoms with Crippen molar-refractivity contribution >= 4 is 21.8 Å². The van der Waals surface area contributed by atoms with Gasteiger partial charge in [0, 0.05) is 12.1 Å². The van der Waals surface area contributed by atoms with Crippen LogP contribution in [0.2, 0.25) is 0 Å². The fourth-order valence-corrected chi connectivity index (χ4v) is 5.42. The summed E-state index contributed by atoms with van der Waals surface area (Å²) in [4.78, 5) is 19.2. The number of rotatable bonds is 3. The van der Waals surface area contributed by atoms with E-state index < -0.39 is 10.0 Å². The van der Waals surface area contributed by atoms with Crippen LogP contribution >= 0.6 is 0 Å². The third-order valence-electron chi connectivity index (χ3n) is 5.56. The van der Waals surface area contributed by atoms with Gasteiger partial charge in [0.1, 0.15) is 25.6 Å². The minimum Gasteiger partial charge on any atom is -0.486 e. The van der Waals surface area contributed by atoms with Crippen LogP contribution in [-0.2, 0) is 14.8 Å². The standard InChI is InChI=1S/C21H21N3O5S/c25-20(13-22-21-15-4-1-2-6-19(15)30(26,27)23-21)24-9-3-5-16(24)14-7-8-17-18(12-14)29-11-10-28-17/h1-2,4,6-8,12,16H,3,5,9-11,13H2,(H,22,23)/t16-/m1/s1. The number of amides is 1. The molecule has 30 heavy (non-hydrogen) atoms. The van der Waals surface area contributed by atoms with Crippen molar-refractivity contribution in [3.63, 3.8) is 0 Å². The normalized spacial score (nSPS) is 22.6. The lowest BCUT2D eigenvalue weighted by Crippen LogP contribution is -2.33. The zero-order valence-corrected chi connectivity index (χ0v) is 17.0. The summed E-state index contributed by atoms with van der Waals surface area (Å²) in [6.45, 7) is 1.57. The second-order valence-electron chi connectivity index (χ2n) is 7.41. The van der Waals surface area contributed by atoms with Gasteiger partial charge in [-0.2, -0.15) is 0 Å². The largest absolute Gasteiger partial charge is 0.486 e. The van der Waals surface area contributed by atoms with E-state index in [1.807, 2.05) is 23.1 Å². The molecule has 0 spiro atoms. The molecule has 0 radical (unpaired) electrons. The van der Waals surface area contributed by atoms with Crippen molar-refractivity contribution in [3.8, 4) is 11.5 Å². The molecule has 1 amide bonds. The van der Waals surface area contributed by atoms with Crippen molar-refractivity contribution in [2.24, 2.45) is 4.99 Å². The van der Waals surface area contributed by atoms with Crippen LogP contribution in [0.15, 0.2) is 52.4 Å². The Morgan fingerprint density at radius 1 is 1.13 bits per heavy atom. The van der Waals surface area contributed by atoms with Crippen LogP contribution in [0, 0.1) is 0 Å². The van der Waals surface area contributed by atoms with E-state index in [0.29, 0.717) is 31.1 Å². The summed E-state index contributed by atoms with van der Waals surface area (Å²) in [5.74, 6) is 1.51. The van der Waals surface area contributed by atoms with Crippen molar-refractivity contribution in [1.29, 1.82) is 0 Å². The van der Waals surface area contributed by atoms with Crippen molar-refractivity contribution in [3.05, 3.63) is 53.6 Å². The zero-order chi connectivity index (χ0) is 20.7. The Labute approximate surface area is 174 Å². The molecule has 5 rings (SSSR count). The summed E-state index contributed by atoms with van der Waals surface area (Å²) < 4.78 is 38.1. The van der Waals surface area contributed by atoms with Crippen LogP contribution in [0.5, 0.6) is 11.5 Å². The highest BCUT2D eigenvalue weighted by molar-refractivity contribution is 7.90. The molecule has 0 aliphatic carbocycles. The number of nitrogens with zero attached hydrogens (tertiary/aromatic N) is 2. The van der Waals surface area contributed by atoms with Gasteiger partial charge in [-0.3, -0.25) is 14.5 Å². The molecule has 0 aromatic heterocycles. The lowest BCUT2D eigenvalue weighted by Gasteiger charge is -2.26. The predicted octanol–water partition coefficient (Wildman–Crippen LogP) is 1.86. The molecule has 9 heteroatoms. The van der Waals surface area contributed by atoms with Gasteiger partial charge in [0.05, 0.1) is 10.9 Å². The molecule has 0 unspecified atom stereocenters. The second kappa shape index (κ2) is 7.32. The van der Waals surface area contributed by atoms with Crippen molar-refractivity contribution in [2.75, 3.05) is 26.3 Å². The molecule has 0 saturated carbocycles. The Hall–Kier alpha value is -3.07. The topological polar surface area (TPSA) is 97.3 Å². The molecule has 0 bridgehead atoms. The number of carbonyl (C=O) groups excluding carboxylic acids is 1. The van der Waals surface area contributed by atoms with E-state index in [4.69, 9.17) is 9.47 Å². The highest BCUT2D eigenvalue weighted by atomic mass is 32.2. The molecule has 1 saturated heterocycles. The Morgan fingerprint density at radius 3 is 2.80 bits per heavy atom. The van der Waals surface area contributed by atoms with Gasteiger partial charge < -0.3 is 14.4 Å². The number of ether oxygens (including phenoxy) is 2. The Balaban J connectivity index is 1.35. The monoisotopic (exact) mass is 427 g/mol. The first kappa shape index (κ1) is 18.9. The van der Waals surface area contributed by atoms with Gasteiger partial charge in [0.2, 0.25) is 5.91 Å². The van der Waals surface area contributed by atoms with E-state index in [1.165, 1.54) is 6.07 Å². The highest BCUT2D eigenvalue weighted by Gasteiger charge is 2.33. The van der Waals surface area contributed by atoms with Crippen LogP contribution in [0.3, 0.4) is 0 Å². The number of hydrogen-bond donors (Lipinski definition) is 1. The molecule has 156 valence electrons. The third kappa shape index (κ3) is 3.28. The quantitative estimate of drug-likeness (QED) is 0.807. The summed E-state index contributed by atoms with van der Waals surface area (Å²) in [5, 5.41) is 0. The SMILES string of the molecule is O=C(CN=C1NS(=O)(=O)c2ccccc21)N1CCC[C@@H]1c1ccc2c(c1)OCCO2.